The largest absolute Gasteiger partial charge is 0.481 e. The molecule has 1 aliphatic rings. The first kappa shape index (κ1) is 18.4. The minimum atomic E-state index is -0.827. The number of nitrogens with one attached hydrogen (secondary N) is 1. The predicted octanol–water partition coefficient (Wildman–Crippen LogP) is 2.49. The van der Waals surface area contributed by atoms with Gasteiger partial charge in [0.25, 0.3) is 0 Å². The second kappa shape index (κ2) is 8.26. The Balaban J connectivity index is 1.80. The zero-order valence-electron chi connectivity index (χ0n) is 14.5. The first-order valence-corrected chi connectivity index (χ1v) is 8.80. The highest BCUT2D eigenvalue weighted by atomic mass is 16.5. The summed E-state index contributed by atoms with van der Waals surface area (Å²) in [5, 5.41) is 16.2. The lowest BCUT2D eigenvalue weighted by Gasteiger charge is -2.39. The number of carboxylic acid groups (broad SMARTS) is 1. The molecule has 1 aromatic heterocycles. The average molecular weight is 337 g/mol. The van der Waals surface area contributed by atoms with Crippen molar-refractivity contribution < 1.29 is 19.2 Å². The van der Waals surface area contributed by atoms with Crippen LogP contribution in [0, 0.1) is 5.92 Å². The van der Waals surface area contributed by atoms with E-state index in [1.54, 1.807) is 0 Å². The Labute approximate surface area is 142 Å². The van der Waals surface area contributed by atoms with Crippen molar-refractivity contribution in [2.24, 2.45) is 5.92 Å². The van der Waals surface area contributed by atoms with Crippen molar-refractivity contribution in [3.8, 4) is 0 Å². The third-order valence-corrected chi connectivity index (χ3v) is 4.71. The number of carbonyl (C=O) groups excluding carboxylic acids is 1. The first-order chi connectivity index (χ1) is 11.4. The molecule has 0 spiro atoms. The van der Waals surface area contributed by atoms with Gasteiger partial charge in [-0.15, -0.1) is 0 Å². The lowest BCUT2D eigenvalue weighted by atomic mass is 9.74. The number of nitrogens with zero attached hydrogens (tertiary/aromatic N) is 2. The molecule has 1 amide bonds. The lowest BCUT2D eigenvalue weighted by molar-refractivity contribution is -0.146. The summed E-state index contributed by atoms with van der Waals surface area (Å²) in [6.45, 7) is 3.90. The summed E-state index contributed by atoms with van der Waals surface area (Å²) in [6, 6.07) is 0. The summed E-state index contributed by atoms with van der Waals surface area (Å²) in [5.74, 6) is -0.192. The van der Waals surface area contributed by atoms with Gasteiger partial charge >= 0.3 is 5.97 Å². The molecule has 0 bridgehead atoms. The summed E-state index contributed by atoms with van der Waals surface area (Å²) < 4.78 is 5.15. The van der Waals surface area contributed by atoms with Crippen molar-refractivity contribution in [1.29, 1.82) is 0 Å². The molecule has 1 aliphatic carbocycles. The van der Waals surface area contributed by atoms with E-state index in [4.69, 9.17) is 4.52 Å². The van der Waals surface area contributed by atoms with Crippen LogP contribution in [0.25, 0.3) is 0 Å². The Hall–Kier alpha value is -1.92. The van der Waals surface area contributed by atoms with Gasteiger partial charge in [0.2, 0.25) is 11.8 Å². The minimum Gasteiger partial charge on any atom is -0.481 e. The molecule has 7 heteroatoms. The molecule has 134 valence electrons. The normalized spacial score (nSPS) is 23.8. The number of amides is 1. The van der Waals surface area contributed by atoms with Crippen molar-refractivity contribution in [1.82, 2.24) is 15.5 Å². The van der Waals surface area contributed by atoms with E-state index in [1.165, 1.54) is 0 Å². The van der Waals surface area contributed by atoms with Crippen LogP contribution in [0.3, 0.4) is 0 Å². The van der Waals surface area contributed by atoms with E-state index in [1.807, 2.05) is 6.92 Å². The molecule has 2 unspecified atom stereocenters. The van der Waals surface area contributed by atoms with Crippen molar-refractivity contribution in [3.63, 3.8) is 0 Å². The number of carbonyl (C=O) groups is 2. The smallest absolute Gasteiger partial charge is 0.308 e. The van der Waals surface area contributed by atoms with Gasteiger partial charge in [-0.05, 0) is 32.6 Å². The van der Waals surface area contributed by atoms with Gasteiger partial charge in [-0.2, -0.15) is 4.98 Å². The second-order valence-electron chi connectivity index (χ2n) is 6.81. The SMILES string of the molecule is CCCc1noc(CCCC(=O)NC2(C)CCCCC2C(=O)O)n1. The quantitative estimate of drug-likeness (QED) is 0.755. The Kier molecular flexibility index (Phi) is 6.34. The first-order valence-electron chi connectivity index (χ1n) is 8.80. The van der Waals surface area contributed by atoms with E-state index < -0.39 is 17.4 Å². The van der Waals surface area contributed by atoms with Crippen LogP contribution in [0.15, 0.2) is 4.52 Å². The number of rotatable bonds is 8. The molecule has 2 atom stereocenters. The number of carboxylic acids is 1. The molecule has 7 nitrogen and oxygen atoms in total. The number of aryl methyl sites for hydroxylation is 2. The van der Waals surface area contributed by atoms with Crippen molar-refractivity contribution in [2.75, 3.05) is 0 Å². The zero-order valence-corrected chi connectivity index (χ0v) is 14.5. The maximum Gasteiger partial charge on any atom is 0.308 e. The molecule has 1 heterocycles. The van der Waals surface area contributed by atoms with Crippen molar-refractivity contribution >= 4 is 11.9 Å². The topological polar surface area (TPSA) is 105 Å². The van der Waals surface area contributed by atoms with Crippen LogP contribution < -0.4 is 5.32 Å². The zero-order chi connectivity index (χ0) is 17.6. The monoisotopic (exact) mass is 337 g/mol. The van der Waals surface area contributed by atoms with Gasteiger partial charge in [-0.25, -0.2) is 0 Å². The second-order valence-corrected chi connectivity index (χ2v) is 6.81. The maximum absolute atomic E-state index is 12.2. The third kappa shape index (κ3) is 4.79. The van der Waals surface area contributed by atoms with Crippen molar-refractivity contribution in [2.45, 2.75) is 77.2 Å². The lowest BCUT2D eigenvalue weighted by Crippen LogP contribution is -2.55. The van der Waals surface area contributed by atoms with E-state index in [0.717, 1.165) is 25.7 Å². The molecule has 0 aliphatic heterocycles. The molecule has 0 radical (unpaired) electrons. The highest BCUT2D eigenvalue weighted by Crippen LogP contribution is 2.33. The Bertz CT molecular complexity index is 572. The van der Waals surface area contributed by atoms with Crippen molar-refractivity contribution in [3.05, 3.63) is 11.7 Å². The van der Waals surface area contributed by atoms with Crippen LogP contribution in [0.4, 0.5) is 0 Å². The number of aromatic nitrogens is 2. The summed E-state index contributed by atoms with van der Waals surface area (Å²) in [4.78, 5) is 27.9. The fourth-order valence-corrected chi connectivity index (χ4v) is 3.38. The van der Waals surface area contributed by atoms with E-state index in [0.29, 0.717) is 43.8 Å². The van der Waals surface area contributed by atoms with Gasteiger partial charge in [0.15, 0.2) is 5.82 Å². The molecule has 2 rings (SSSR count). The van der Waals surface area contributed by atoms with E-state index in [9.17, 15) is 14.7 Å². The molecular formula is C17H27N3O4. The van der Waals surface area contributed by atoms with Crippen LogP contribution in [0.2, 0.25) is 0 Å². The fraction of sp³-hybridized carbons (Fsp3) is 0.765. The Morgan fingerprint density at radius 3 is 2.88 bits per heavy atom. The van der Waals surface area contributed by atoms with Gasteiger partial charge in [-0.1, -0.05) is 24.9 Å². The molecular weight excluding hydrogens is 310 g/mol. The molecule has 1 fully saturated rings. The predicted molar refractivity (Wildman–Crippen MR) is 87.4 cm³/mol. The van der Waals surface area contributed by atoms with E-state index in [2.05, 4.69) is 22.4 Å². The summed E-state index contributed by atoms with van der Waals surface area (Å²) >= 11 is 0. The fourth-order valence-electron chi connectivity index (χ4n) is 3.38. The molecule has 24 heavy (non-hydrogen) atoms. The molecule has 0 saturated heterocycles. The van der Waals surface area contributed by atoms with Gasteiger partial charge in [-0.3, -0.25) is 9.59 Å². The average Bonchev–Trinajstić information content (AvgIpc) is 2.95. The summed E-state index contributed by atoms with van der Waals surface area (Å²) in [5.41, 5.74) is -0.653. The van der Waals surface area contributed by atoms with Crippen LogP contribution in [0.1, 0.15) is 70.5 Å². The highest BCUT2D eigenvalue weighted by molar-refractivity contribution is 5.79. The molecule has 2 N–H and O–H groups in total. The van der Waals surface area contributed by atoms with Gasteiger partial charge < -0.3 is 14.9 Å². The molecule has 1 saturated carbocycles. The van der Waals surface area contributed by atoms with Crippen LogP contribution in [0.5, 0.6) is 0 Å². The highest BCUT2D eigenvalue weighted by Gasteiger charge is 2.41. The van der Waals surface area contributed by atoms with Gasteiger partial charge in [0.1, 0.15) is 0 Å². The van der Waals surface area contributed by atoms with Gasteiger partial charge in [0, 0.05) is 19.3 Å². The van der Waals surface area contributed by atoms with Crippen LogP contribution in [-0.2, 0) is 22.4 Å². The number of aliphatic carboxylic acids is 1. The van der Waals surface area contributed by atoms with Crippen LogP contribution >= 0.6 is 0 Å². The number of hydrogen-bond donors (Lipinski definition) is 2. The van der Waals surface area contributed by atoms with E-state index in [-0.39, 0.29) is 5.91 Å². The third-order valence-electron chi connectivity index (χ3n) is 4.71. The van der Waals surface area contributed by atoms with Gasteiger partial charge in [0.05, 0.1) is 11.5 Å². The minimum absolute atomic E-state index is 0.112. The number of hydrogen-bond acceptors (Lipinski definition) is 5. The van der Waals surface area contributed by atoms with E-state index >= 15 is 0 Å². The summed E-state index contributed by atoms with van der Waals surface area (Å²) in [7, 11) is 0. The van der Waals surface area contributed by atoms with Crippen LogP contribution in [-0.4, -0.2) is 32.7 Å². The molecule has 0 aromatic carbocycles. The Morgan fingerprint density at radius 1 is 1.38 bits per heavy atom. The standard InChI is InChI=1S/C17H27N3O4/c1-3-7-13-18-15(24-20-13)10-6-9-14(21)19-17(2)11-5-4-8-12(17)16(22)23/h12H,3-11H2,1-2H3,(H,19,21)(H,22,23). The Morgan fingerprint density at radius 2 is 2.17 bits per heavy atom. The maximum atomic E-state index is 12.2. The summed E-state index contributed by atoms with van der Waals surface area (Å²) in [6.07, 6.45) is 6.42. The molecule has 1 aromatic rings.